The molecule has 2 N–H and O–H groups in total. The first-order valence-corrected chi connectivity index (χ1v) is 5.79. The summed E-state index contributed by atoms with van der Waals surface area (Å²) in [6.45, 7) is 2.52. The number of rotatable bonds is 4. The van der Waals surface area contributed by atoms with Crippen LogP contribution < -0.4 is 5.32 Å². The molecule has 0 aromatic carbocycles. The Labute approximate surface area is 110 Å². The van der Waals surface area contributed by atoms with Gasteiger partial charge in [-0.1, -0.05) is 0 Å². The SMILES string of the molecule is CCOC(=O)C(C#N)=CNC1=CCN(C(=O)O)CC1. The Balaban J connectivity index is 2.59. The molecule has 0 unspecified atom stereocenters. The van der Waals surface area contributed by atoms with Crippen molar-refractivity contribution >= 4 is 12.1 Å². The number of nitrogens with one attached hydrogen (secondary N) is 1. The fourth-order valence-corrected chi connectivity index (χ4v) is 1.48. The third kappa shape index (κ3) is 4.35. The highest BCUT2D eigenvalue weighted by molar-refractivity contribution is 5.92. The molecule has 1 heterocycles. The van der Waals surface area contributed by atoms with Gasteiger partial charge in [-0.15, -0.1) is 0 Å². The average Bonchev–Trinajstić information content (AvgIpc) is 2.40. The Kier molecular flexibility index (Phi) is 5.41. The first-order chi connectivity index (χ1) is 9.08. The van der Waals surface area contributed by atoms with Crippen LogP contribution in [-0.2, 0) is 9.53 Å². The van der Waals surface area contributed by atoms with Gasteiger partial charge in [0.1, 0.15) is 6.07 Å². The van der Waals surface area contributed by atoms with Gasteiger partial charge in [-0.2, -0.15) is 5.26 Å². The third-order valence-electron chi connectivity index (χ3n) is 2.50. The van der Waals surface area contributed by atoms with Gasteiger partial charge in [0.05, 0.1) is 6.61 Å². The van der Waals surface area contributed by atoms with E-state index in [1.165, 1.54) is 11.1 Å². The summed E-state index contributed by atoms with van der Waals surface area (Å²) in [5.74, 6) is -0.680. The molecule has 7 nitrogen and oxygen atoms in total. The van der Waals surface area contributed by atoms with Gasteiger partial charge in [0.2, 0.25) is 0 Å². The van der Waals surface area contributed by atoms with Crippen LogP contribution in [-0.4, -0.2) is 41.8 Å². The predicted octanol–water partition coefficient (Wildman–Crippen LogP) is 0.814. The molecule has 0 saturated heterocycles. The monoisotopic (exact) mass is 265 g/mol. The van der Waals surface area contributed by atoms with Crippen molar-refractivity contribution in [3.05, 3.63) is 23.5 Å². The summed E-state index contributed by atoms with van der Waals surface area (Å²) in [6, 6.07) is 1.75. The zero-order valence-electron chi connectivity index (χ0n) is 10.5. The molecule has 0 atom stereocenters. The molecule has 1 rings (SSSR count). The van der Waals surface area contributed by atoms with Crippen LogP contribution in [0.5, 0.6) is 0 Å². The highest BCUT2D eigenvalue weighted by Crippen LogP contribution is 2.08. The maximum absolute atomic E-state index is 11.3. The van der Waals surface area contributed by atoms with E-state index in [0.29, 0.717) is 13.0 Å². The highest BCUT2D eigenvalue weighted by Gasteiger charge is 2.16. The van der Waals surface area contributed by atoms with Gasteiger partial charge in [-0.3, -0.25) is 0 Å². The molecular formula is C12H15N3O4. The Bertz CT molecular complexity index is 462. The summed E-state index contributed by atoms with van der Waals surface area (Å²) in [5, 5.41) is 20.4. The van der Waals surface area contributed by atoms with E-state index >= 15 is 0 Å². The van der Waals surface area contributed by atoms with E-state index in [-0.39, 0.29) is 18.7 Å². The van der Waals surface area contributed by atoms with Crippen molar-refractivity contribution in [3.63, 3.8) is 0 Å². The molecule has 0 fully saturated rings. The Hall–Kier alpha value is -2.49. The zero-order valence-corrected chi connectivity index (χ0v) is 10.5. The molecule has 0 aromatic rings. The molecule has 102 valence electrons. The molecule has 0 radical (unpaired) electrons. The number of carboxylic acid groups (broad SMARTS) is 1. The fourth-order valence-electron chi connectivity index (χ4n) is 1.48. The second kappa shape index (κ2) is 7.06. The van der Waals surface area contributed by atoms with Crippen LogP contribution in [0.1, 0.15) is 13.3 Å². The second-order valence-electron chi connectivity index (χ2n) is 3.74. The van der Waals surface area contributed by atoms with Crippen molar-refractivity contribution in [3.8, 4) is 6.07 Å². The van der Waals surface area contributed by atoms with E-state index in [2.05, 4.69) is 5.32 Å². The molecule has 1 aliphatic heterocycles. The van der Waals surface area contributed by atoms with E-state index in [1.54, 1.807) is 19.1 Å². The fraction of sp³-hybridized carbons (Fsp3) is 0.417. The minimum absolute atomic E-state index is 0.122. The minimum atomic E-state index is -0.963. The second-order valence-corrected chi connectivity index (χ2v) is 3.74. The smallest absolute Gasteiger partial charge is 0.407 e. The molecular weight excluding hydrogens is 250 g/mol. The molecule has 1 amide bonds. The quantitative estimate of drug-likeness (QED) is 0.443. The largest absolute Gasteiger partial charge is 0.465 e. The Morgan fingerprint density at radius 1 is 1.68 bits per heavy atom. The third-order valence-corrected chi connectivity index (χ3v) is 2.50. The van der Waals surface area contributed by atoms with Crippen LogP contribution in [0.25, 0.3) is 0 Å². The minimum Gasteiger partial charge on any atom is -0.465 e. The Morgan fingerprint density at radius 3 is 2.89 bits per heavy atom. The molecule has 0 bridgehead atoms. The van der Waals surface area contributed by atoms with Gasteiger partial charge in [0, 0.05) is 31.4 Å². The zero-order chi connectivity index (χ0) is 14.3. The van der Waals surface area contributed by atoms with Crippen LogP contribution in [0, 0.1) is 11.3 Å². The van der Waals surface area contributed by atoms with E-state index in [4.69, 9.17) is 15.1 Å². The van der Waals surface area contributed by atoms with Gasteiger partial charge < -0.3 is 20.1 Å². The molecule has 0 spiro atoms. The molecule has 1 aliphatic rings. The number of carbonyl (C=O) groups excluding carboxylic acids is 1. The van der Waals surface area contributed by atoms with E-state index in [9.17, 15) is 9.59 Å². The molecule has 0 saturated carbocycles. The van der Waals surface area contributed by atoms with Gasteiger partial charge >= 0.3 is 12.1 Å². The van der Waals surface area contributed by atoms with Crippen molar-refractivity contribution < 1.29 is 19.4 Å². The molecule has 7 heteroatoms. The lowest BCUT2D eigenvalue weighted by atomic mass is 10.2. The van der Waals surface area contributed by atoms with Gasteiger partial charge in [-0.05, 0) is 13.0 Å². The summed E-state index contributed by atoms with van der Waals surface area (Å²) in [5.41, 5.74) is 0.651. The van der Waals surface area contributed by atoms with Crippen molar-refractivity contribution in [1.82, 2.24) is 10.2 Å². The molecule has 0 aliphatic carbocycles. The van der Waals surface area contributed by atoms with Crippen LogP contribution >= 0.6 is 0 Å². The normalized spacial score (nSPS) is 15.3. The van der Waals surface area contributed by atoms with Crippen LogP contribution in [0.4, 0.5) is 4.79 Å². The highest BCUT2D eigenvalue weighted by atomic mass is 16.5. The van der Waals surface area contributed by atoms with E-state index in [1.807, 2.05) is 0 Å². The van der Waals surface area contributed by atoms with E-state index in [0.717, 1.165) is 5.70 Å². The Morgan fingerprint density at radius 2 is 2.42 bits per heavy atom. The van der Waals surface area contributed by atoms with Crippen LogP contribution in [0.3, 0.4) is 0 Å². The lowest BCUT2D eigenvalue weighted by Crippen LogP contribution is -2.35. The topological polar surface area (TPSA) is 103 Å². The maximum atomic E-state index is 11.3. The number of hydrogen-bond donors (Lipinski definition) is 2. The van der Waals surface area contributed by atoms with E-state index < -0.39 is 12.1 Å². The number of nitriles is 1. The number of esters is 1. The number of carbonyl (C=O) groups is 2. The molecule has 0 aromatic heterocycles. The lowest BCUT2D eigenvalue weighted by Gasteiger charge is -2.23. The van der Waals surface area contributed by atoms with Crippen molar-refractivity contribution in [2.24, 2.45) is 0 Å². The van der Waals surface area contributed by atoms with Crippen molar-refractivity contribution in [2.75, 3.05) is 19.7 Å². The predicted molar refractivity (Wildman–Crippen MR) is 65.8 cm³/mol. The van der Waals surface area contributed by atoms with Crippen molar-refractivity contribution in [1.29, 1.82) is 5.26 Å². The maximum Gasteiger partial charge on any atom is 0.407 e. The van der Waals surface area contributed by atoms with Gasteiger partial charge in [0.15, 0.2) is 5.57 Å². The van der Waals surface area contributed by atoms with Crippen LogP contribution in [0.2, 0.25) is 0 Å². The number of nitrogens with zero attached hydrogens (tertiary/aromatic N) is 2. The first-order valence-electron chi connectivity index (χ1n) is 5.79. The summed E-state index contributed by atoms with van der Waals surface area (Å²) < 4.78 is 4.71. The van der Waals surface area contributed by atoms with Crippen LogP contribution in [0.15, 0.2) is 23.5 Å². The summed E-state index contributed by atoms with van der Waals surface area (Å²) >= 11 is 0. The lowest BCUT2D eigenvalue weighted by molar-refractivity contribution is -0.138. The standard InChI is InChI=1S/C12H15N3O4/c1-2-19-11(16)9(7-13)8-14-10-3-5-15(6-4-10)12(17)18/h3,8,14H,2,4-6H2,1H3,(H,17,18). The van der Waals surface area contributed by atoms with Gasteiger partial charge in [0.25, 0.3) is 0 Å². The summed E-state index contributed by atoms with van der Waals surface area (Å²) in [7, 11) is 0. The van der Waals surface area contributed by atoms with Crippen molar-refractivity contribution in [2.45, 2.75) is 13.3 Å². The number of hydrogen-bond acceptors (Lipinski definition) is 5. The summed E-state index contributed by atoms with van der Waals surface area (Å²) in [4.78, 5) is 23.3. The summed E-state index contributed by atoms with van der Waals surface area (Å²) in [6.07, 6.45) is 2.52. The number of amides is 1. The average molecular weight is 265 g/mol. The van der Waals surface area contributed by atoms with Gasteiger partial charge in [-0.25, -0.2) is 9.59 Å². The first kappa shape index (κ1) is 14.6. The molecule has 19 heavy (non-hydrogen) atoms. The number of ether oxygens (including phenoxy) is 1.